The van der Waals surface area contributed by atoms with Crippen molar-refractivity contribution in [2.45, 2.75) is 452 Å². The van der Waals surface area contributed by atoms with E-state index in [1.807, 2.05) is 0 Å². The van der Waals surface area contributed by atoms with Crippen molar-refractivity contribution in [2.75, 3.05) is 39.6 Å². The van der Waals surface area contributed by atoms with E-state index in [9.17, 15) is 43.2 Å². The van der Waals surface area contributed by atoms with Crippen LogP contribution in [-0.4, -0.2) is 96.7 Å². The van der Waals surface area contributed by atoms with Gasteiger partial charge in [0, 0.05) is 25.7 Å². The maximum absolute atomic E-state index is 13.1. The van der Waals surface area contributed by atoms with Gasteiger partial charge in [-0.25, -0.2) is 9.13 Å². The Labute approximate surface area is 619 Å². The third kappa shape index (κ3) is 76.1. The molecule has 3 N–H and O–H groups in total. The van der Waals surface area contributed by atoms with Gasteiger partial charge in [0.05, 0.1) is 26.4 Å². The number of carbonyl (C=O) groups is 4. The highest BCUT2D eigenvalue weighted by Gasteiger charge is 2.30. The fourth-order valence-corrected chi connectivity index (χ4v) is 14.3. The molecular formula is C82H160O17P2. The lowest BCUT2D eigenvalue weighted by molar-refractivity contribution is -0.161. The molecule has 5 atom stereocenters. The van der Waals surface area contributed by atoms with Crippen LogP contribution in [0.3, 0.4) is 0 Å². The Morgan fingerprint density at radius 3 is 0.673 bits per heavy atom. The summed E-state index contributed by atoms with van der Waals surface area (Å²) in [5.74, 6) is -0.619. The largest absolute Gasteiger partial charge is 0.472 e. The number of hydrogen-bond donors (Lipinski definition) is 3. The van der Waals surface area contributed by atoms with Gasteiger partial charge in [0.2, 0.25) is 0 Å². The average Bonchev–Trinajstić information content (AvgIpc) is 0.974. The maximum Gasteiger partial charge on any atom is 0.472 e. The van der Waals surface area contributed by atoms with Crippen LogP contribution in [0.2, 0.25) is 0 Å². The standard InChI is InChI=1S/C82H160O17P2/c1-7-9-11-13-15-17-19-21-23-25-30-33-37-41-45-52-58-64-79(84)92-70-77(98-81(86)66-61-55-47-43-39-35-31-27-26-28-32-36-40-44-50-56-62-74(3)4)72-96-100(88,89)94-68-76(83)69-95-101(90,91)97-73-78(71-93-80(85)65-59-53-49-48-51-57-63-75(5)6)99-82(87)67-60-54-46-42-38-34-29-24-22-20-18-16-14-12-10-8-2/h74-78,83H,7-73H2,1-6H3,(H,88,89)(H,90,91)/t76-,77-,78-/m1/s1. The van der Waals surface area contributed by atoms with Crippen LogP contribution >= 0.6 is 15.6 Å². The quantitative estimate of drug-likeness (QED) is 0.0222. The van der Waals surface area contributed by atoms with Gasteiger partial charge in [0.25, 0.3) is 0 Å². The van der Waals surface area contributed by atoms with Crippen molar-refractivity contribution in [3.05, 3.63) is 0 Å². The summed E-state index contributed by atoms with van der Waals surface area (Å²) in [4.78, 5) is 73.0. The second-order valence-electron chi connectivity index (χ2n) is 30.5. The summed E-state index contributed by atoms with van der Waals surface area (Å²) in [6, 6.07) is 0. The smallest absolute Gasteiger partial charge is 0.462 e. The Bertz CT molecular complexity index is 1940. The molecule has 0 aromatic heterocycles. The Morgan fingerprint density at radius 1 is 0.267 bits per heavy atom. The highest BCUT2D eigenvalue weighted by Crippen LogP contribution is 2.45. The van der Waals surface area contributed by atoms with E-state index in [1.54, 1.807) is 0 Å². The summed E-state index contributed by atoms with van der Waals surface area (Å²) < 4.78 is 68.7. The molecule has 0 bridgehead atoms. The minimum Gasteiger partial charge on any atom is -0.462 e. The van der Waals surface area contributed by atoms with Gasteiger partial charge in [0.1, 0.15) is 19.3 Å². The lowest BCUT2D eigenvalue weighted by Crippen LogP contribution is -2.30. The summed E-state index contributed by atoms with van der Waals surface area (Å²) >= 11 is 0. The second kappa shape index (κ2) is 73.6. The Kier molecular flexibility index (Phi) is 72.2. The predicted octanol–water partition coefficient (Wildman–Crippen LogP) is 24.7. The summed E-state index contributed by atoms with van der Waals surface area (Å²) in [5.41, 5.74) is 0. The van der Waals surface area contributed by atoms with Crippen LogP contribution in [0.4, 0.5) is 0 Å². The molecule has 0 aliphatic carbocycles. The monoisotopic (exact) mass is 1480 g/mol. The number of rotatable bonds is 81. The first kappa shape index (κ1) is 99.1. The van der Waals surface area contributed by atoms with Crippen LogP contribution in [0.5, 0.6) is 0 Å². The maximum atomic E-state index is 13.1. The van der Waals surface area contributed by atoms with Gasteiger partial charge >= 0.3 is 39.5 Å². The van der Waals surface area contributed by atoms with Crippen molar-refractivity contribution in [1.29, 1.82) is 0 Å². The normalized spacial score (nSPS) is 13.9. The summed E-state index contributed by atoms with van der Waals surface area (Å²) in [7, 11) is -9.92. The number of ether oxygens (including phenoxy) is 4. The first-order valence-corrected chi connectivity index (χ1v) is 45.5. The molecular weight excluding hydrogens is 1320 g/mol. The molecule has 0 aromatic carbocycles. The second-order valence-corrected chi connectivity index (χ2v) is 33.4. The molecule has 101 heavy (non-hydrogen) atoms. The van der Waals surface area contributed by atoms with Crippen molar-refractivity contribution in [1.82, 2.24) is 0 Å². The minimum absolute atomic E-state index is 0.107. The number of unbranched alkanes of at least 4 members (excludes halogenated alkanes) is 51. The molecule has 0 aliphatic heterocycles. The third-order valence-electron chi connectivity index (χ3n) is 19.2. The lowest BCUT2D eigenvalue weighted by atomic mass is 10.0. The van der Waals surface area contributed by atoms with Crippen LogP contribution in [0.1, 0.15) is 433 Å². The van der Waals surface area contributed by atoms with Crippen molar-refractivity contribution in [3.8, 4) is 0 Å². The molecule has 19 heteroatoms. The van der Waals surface area contributed by atoms with Crippen molar-refractivity contribution in [3.63, 3.8) is 0 Å². The van der Waals surface area contributed by atoms with E-state index >= 15 is 0 Å². The van der Waals surface area contributed by atoms with Crippen LogP contribution in [-0.2, 0) is 65.4 Å². The third-order valence-corrected chi connectivity index (χ3v) is 21.1. The van der Waals surface area contributed by atoms with E-state index in [-0.39, 0.29) is 25.7 Å². The van der Waals surface area contributed by atoms with Crippen LogP contribution in [0.15, 0.2) is 0 Å². The molecule has 0 fully saturated rings. The number of phosphoric acid groups is 2. The Balaban J connectivity index is 5.22. The fraction of sp³-hybridized carbons (Fsp3) is 0.951. The highest BCUT2D eigenvalue weighted by atomic mass is 31.2. The van der Waals surface area contributed by atoms with Gasteiger partial charge in [-0.15, -0.1) is 0 Å². The van der Waals surface area contributed by atoms with Gasteiger partial charge in [-0.3, -0.25) is 37.3 Å². The summed E-state index contributed by atoms with van der Waals surface area (Å²) in [6.45, 7) is 9.60. The minimum atomic E-state index is -4.96. The van der Waals surface area contributed by atoms with E-state index in [4.69, 9.17) is 37.0 Å². The zero-order chi connectivity index (χ0) is 74.2. The number of phosphoric ester groups is 2. The molecule has 0 amide bonds. The van der Waals surface area contributed by atoms with Gasteiger partial charge in [-0.1, -0.05) is 382 Å². The van der Waals surface area contributed by atoms with Crippen LogP contribution in [0, 0.1) is 11.8 Å². The number of hydrogen-bond acceptors (Lipinski definition) is 15. The lowest BCUT2D eigenvalue weighted by Gasteiger charge is -2.21. The molecule has 0 aromatic rings. The average molecular weight is 1480 g/mol. The van der Waals surface area contributed by atoms with Crippen molar-refractivity contribution in [2.24, 2.45) is 11.8 Å². The highest BCUT2D eigenvalue weighted by molar-refractivity contribution is 7.47. The van der Waals surface area contributed by atoms with E-state index in [1.165, 1.54) is 244 Å². The molecule has 0 radical (unpaired) electrons. The molecule has 0 heterocycles. The van der Waals surface area contributed by atoms with Crippen molar-refractivity contribution >= 4 is 39.5 Å². The molecule has 0 saturated heterocycles. The first-order chi connectivity index (χ1) is 48.9. The summed E-state index contributed by atoms with van der Waals surface area (Å²) in [5, 5.41) is 10.6. The molecule has 0 saturated carbocycles. The van der Waals surface area contributed by atoms with E-state index < -0.39 is 97.5 Å². The Morgan fingerprint density at radius 2 is 0.455 bits per heavy atom. The Hall–Kier alpha value is -1.94. The van der Waals surface area contributed by atoms with Crippen LogP contribution < -0.4 is 0 Å². The first-order valence-electron chi connectivity index (χ1n) is 42.5. The molecule has 0 aliphatic rings. The number of aliphatic hydroxyl groups is 1. The molecule has 600 valence electrons. The van der Waals surface area contributed by atoms with Gasteiger partial charge in [-0.2, -0.15) is 0 Å². The number of esters is 4. The van der Waals surface area contributed by atoms with Crippen molar-refractivity contribution < 1.29 is 80.2 Å². The molecule has 0 rings (SSSR count). The number of carbonyl (C=O) groups excluding carboxylic acids is 4. The van der Waals surface area contributed by atoms with E-state index in [0.717, 1.165) is 102 Å². The summed E-state index contributed by atoms with van der Waals surface area (Å²) in [6.07, 6.45) is 64.0. The van der Waals surface area contributed by atoms with Gasteiger partial charge in [-0.05, 0) is 37.5 Å². The topological polar surface area (TPSA) is 237 Å². The number of aliphatic hydroxyl groups excluding tert-OH is 1. The van der Waals surface area contributed by atoms with Gasteiger partial charge < -0.3 is 33.8 Å². The fourth-order valence-electron chi connectivity index (χ4n) is 12.7. The SMILES string of the molecule is CCCCCCCCCCCCCCCCCCCC(=O)OC[C@H](COP(=O)(O)OC[C@@H](O)COP(=O)(O)OC[C@@H](COC(=O)CCCCCCCCC(C)C)OC(=O)CCCCCCCCCCCCCCCCCC)OC(=O)CCCCCCCCCCCCCCCCCCC(C)C. The van der Waals surface area contributed by atoms with Gasteiger partial charge in [0.15, 0.2) is 12.2 Å². The molecule has 17 nitrogen and oxygen atoms in total. The molecule has 2 unspecified atom stereocenters. The zero-order valence-electron chi connectivity index (χ0n) is 66.2. The zero-order valence-corrected chi connectivity index (χ0v) is 68.0. The predicted molar refractivity (Wildman–Crippen MR) is 414 cm³/mol. The molecule has 0 spiro atoms. The van der Waals surface area contributed by atoms with E-state index in [2.05, 4.69) is 41.5 Å². The van der Waals surface area contributed by atoms with Crippen LogP contribution in [0.25, 0.3) is 0 Å². The van der Waals surface area contributed by atoms with E-state index in [0.29, 0.717) is 31.6 Å².